The van der Waals surface area contributed by atoms with Gasteiger partial charge in [-0.05, 0) is 94.0 Å². The van der Waals surface area contributed by atoms with Gasteiger partial charge in [0.1, 0.15) is 11.2 Å². The Morgan fingerprint density at radius 1 is 0.463 bits per heavy atom. The van der Waals surface area contributed by atoms with Crippen LogP contribution in [0.4, 0.5) is 17.1 Å². The molecule has 1 aliphatic rings. The first-order valence-electron chi connectivity index (χ1n) is 18.8. The zero-order chi connectivity index (χ0) is 35.7. The number of rotatable bonds is 4. The second-order valence-electron chi connectivity index (χ2n) is 15.3. The van der Waals surface area contributed by atoms with Crippen LogP contribution < -0.4 is 4.90 Å². The smallest absolute Gasteiger partial charge is 0.135 e. The van der Waals surface area contributed by atoms with E-state index in [1.807, 2.05) is 6.07 Å². The summed E-state index contributed by atoms with van der Waals surface area (Å²) in [6.45, 7) is 4.70. The maximum absolute atomic E-state index is 6.30. The Hall–Kier alpha value is -6.84. The number of furan rings is 1. The summed E-state index contributed by atoms with van der Waals surface area (Å²) in [5.74, 6) is 0. The van der Waals surface area contributed by atoms with Crippen molar-refractivity contribution in [2.45, 2.75) is 19.3 Å². The minimum absolute atomic E-state index is 0.0470. The summed E-state index contributed by atoms with van der Waals surface area (Å²) in [5, 5.41) is 7.28. The fourth-order valence-corrected chi connectivity index (χ4v) is 9.60. The lowest BCUT2D eigenvalue weighted by Crippen LogP contribution is -2.14. The van der Waals surface area contributed by atoms with Crippen LogP contribution in [0.5, 0.6) is 0 Å². The van der Waals surface area contributed by atoms with Crippen LogP contribution in [0.3, 0.4) is 0 Å². The van der Waals surface area contributed by atoms with E-state index in [0.717, 1.165) is 39.0 Å². The van der Waals surface area contributed by atoms with E-state index in [-0.39, 0.29) is 5.41 Å². The third kappa shape index (κ3) is 3.91. The van der Waals surface area contributed by atoms with E-state index in [4.69, 9.17) is 4.42 Å². The Kier molecular flexibility index (Phi) is 5.84. The molecule has 0 radical (unpaired) electrons. The van der Waals surface area contributed by atoms with Crippen molar-refractivity contribution in [2.75, 3.05) is 4.90 Å². The highest BCUT2D eigenvalue weighted by atomic mass is 16.3. The van der Waals surface area contributed by atoms with Crippen LogP contribution in [-0.2, 0) is 5.41 Å². The number of para-hydroxylation sites is 3. The standard InChI is InChI=1S/C51H34N2O/c1-51(2)42-15-7-3-11-35(42)36-25-21-32(29-43(36)51)31-19-22-33(23-20-31)52(34-24-28-48-41(30-34)38-13-6-10-18-47(38)54-48)46-27-26-39-37-12-4-8-16-44(37)53-45-17-9-5-14-40(45)49(46)50(39)53/h3-30H,1-2H3. The first-order chi connectivity index (χ1) is 26.5. The number of benzene rings is 8. The van der Waals surface area contributed by atoms with Crippen molar-refractivity contribution in [1.29, 1.82) is 0 Å². The molecule has 0 aliphatic heterocycles. The van der Waals surface area contributed by atoms with E-state index in [1.54, 1.807) is 0 Å². The van der Waals surface area contributed by atoms with Crippen LogP contribution in [0.2, 0.25) is 0 Å². The molecule has 0 unspecified atom stereocenters. The van der Waals surface area contributed by atoms with Crippen LogP contribution in [-0.4, -0.2) is 4.40 Å². The summed E-state index contributed by atoms with van der Waals surface area (Å²) >= 11 is 0. The Balaban J connectivity index is 1.08. The van der Waals surface area contributed by atoms with Gasteiger partial charge in [0, 0.05) is 49.1 Å². The molecule has 11 aromatic rings. The van der Waals surface area contributed by atoms with Crippen molar-refractivity contribution in [2.24, 2.45) is 0 Å². The zero-order valence-corrected chi connectivity index (χ0v) is 30.0. The molecule has 0 saturated heterocycles. The number of aromatic nitrogens is 1. The normalized spacial score (nSPS) is 13.5. The van der Waals surface area contributed by atoms with Gasteiger partial charge in [0.15, 0.2) is 0 Å². The van der Waals surface area contributed by atoms with Crippen LogP contribution in [0.1, 0.15) is 25.0 Å². The Bertz CT molecular complexity index is 3310. The lowest BCUT2D eigenvalue weighted by molar-refractivity contribution is 0.660. The maximum Gasteiger partial charge on any atom is 0.135 e. The maximum atomic E-state index is 6.30. The zero-order valence-electron chi connectivity index (χ0n) is 30.0. The van der Waals surface area contributed by atoms with Gasteiger partial charge in [-0.25, -0.2) is 0 Å². The van der Waals surface area contributed by atoms with Gasteiger partial charge < -0.3 is 13.7 Å². The van der Waals surface area contributed by atoms with E-state index in [0.29, 0.717) is 0 Å². The topological polar surface area (TPSA) is 20.8 Å². The molecule has 3 aromatic heterocycles. The van der Waals surface area contributed by atoms with Crippen molar-refractivity contribution in [1.82, 2.24) is 4.40 Å². The summed E-state index contributed by atoms with van der Waals surface area (Å²) in [7, 11) is 0. The van der Waals surface area contributed by atoms with Gasteiger partial charge in [0.25, 0.3) is 0 Å². The van der Waals surface area contributed by atoms with E-state index >= 15 is 0 Å². The molecule has 3 nitrogen and oxygen atoms in total. The lowest BCUT2D eigenvalue weighted by Gasteiger charge is -2.27. The number of hydrogen-bond acceptors (Lipinski definition) is 2. The second kappa shape index (κ2) is 10.6. The molecule has 0 atom stereocenters. The van der Waals surface area contributed by atoms with Gasteiger partial charge in [-0.2, -0.15) is 0 Å². The van der Waals surface area contributed by atoms with Crippen LogP contribution in [0.25, 0.3) is 82.3 Å². The molecule has 8 aromatic carbocycles. The molecule has 54 heavy (non-hydrogen) atoms. The second-order valence-corrected chi connectivity index (χ2v) is 15.3. The van der Waals surface area contributed by atoms with Gasteiger partial charge in [0.05, 0.1) is 22.2 Å². The highest BCUT2D eigenvalue weighted by Gasteiger charge is 2.35. The lowest BCUT2D eigenvalue weighted by atomic mass is 9.81. The first-order valence-corrected chi connectivity index (χ1v) is 18.8. The van der Waals surface area contributed by atoms with Crippen molar-refractivity contribution in [3.05, 3.63) is 181 Å². The molecule has 12 rings (SSSR count). The molecule has 0 bridgehead atoms. The van der Waals surface area contributed by atoms with E-state index < -0.39 is 0 Å². The Morgan fingerprint density at radius 3 is 1.96 bits per heavy atom. The van der Waals surface area contributed by atoms with Crippen molar-refractivity contribution in [3.8, 4) is 22.3 Å². The molecule has 3 heteroatoms. The van der Waals surface area contributed by atoms with E-state index in [1.165, 1.54) is 71.5 Å². The van der Waals surface area contributed by atoms with Crippen molar-refractivity contribution >= 4 is 77.1 Å². The SMILES string of the molecule is CC1(C)c2ccccc2-c2ccc(-c3ccc(N(c4ccc5oc6ccccc6c5c4)c4ccc5c6ccccc6n6c7ccccc7c4c56)cc3)cc21. The number of nitrogens with zero attached hydrogens (tertiary/aromatic N) is 2. The highest BCUT2D eigenvalue weighted by Crippen LogP contribution is 2.51. The monoisotopic (exact) mass is 690 g/mol. The summed E-state index contributed by atoms with van der Waals surface area (Å²) in [6, 6.07) is 62.2. The molecule has 0 fully saturated rings. The first kappa shape index (κ1) is 29.7. The molecular weight excluding hydrogens is 657 g/mol. The molecule has 0 N–H and O–H groups in total. The minimum atomic E-state index is -0.0470. The quantitative estimate of drug-likeness (QED) is 0.183. The average molecular weight is 691 g/mol. The average Bonchev–Trinajstić information content (AvgIpc) is 3.93. The number of fused-ring (bicyclic) bond motifs is 12. The summed E-state index contributed by atoms with van der Waals surface area (Å²) in [5.41, 5.74) is 16.7. The van der Waals surface area contributed by atoms with Crippen molar-refractivity contribution in [3.63, 3.8) is 0 Å². The van der Waals surface area contributed by atoms with Crippen LogP contribution in [0.15, 0.2) is 174 Å². The van der Waals surface area contributed by atoms with Crippen LogP contribution in [0, 0.1) is 0 Å². The van der Waals surface area contributed by atoms with Crippen LogP contribution >= 0.6 is 0 Å². The fraction of sp³-hybridized carbons (Fsp3) is 0.0588. The summed E-state index contributed by atoms with van der Waals surface area (Å²) < 4.78 is 8.76. The third-order valence-corrected chi connectivity index (χ3v) is 12.1. The fourth-order valence-electron chi connectivity index (χ4n) is 9.60. The molecule has 0 amide bonds. The molecule has 0 spiro atoms. The van der Waals surface area contributed by atoms with Gasteiger partial charge in [-0.3, -0.25) is 0 Å². The van der Waals surface area contributed by atoms with Crippen molar-refractivity contribution < 1.29 is 4.42 Å². The molecule has 254 valence electrons. The predicted molar refractivity (Wildman–Crippen MR) is 226 cm³/mol. The summed E-state index contributed by atoms with van der Waals surface area (Å²) in [6.07, 6.45) is 0. The molecule has 0 saturated carbocycles. The van der Waals surface area contributed by atoms with Gasteiger partial charge in [0.2, 0.25) is 0 Å². The summed E-state index contributed by atoms with van der Waals surface area (Å²) in [4.78, 5) is 2.44. The molecular formula is C51H34N2O. The van der Waals surface area contributed by atoms with Gasteiger partial charge in [-0.15, -0.1) is 0 Å². The highest BCUT2D eigenvalue weighted by molar-refractivity contribution is 6.27. The minimum Gasteiger partial charge on any atom is -0.456 e. The number of hydrogen-bond donors (Lipinski definition) is 0. The van der Waals surface area contributed by atoms with E-state index in [2.05, 4.69) is 187 Å². The van der Waals surface area contributed by atoms with Gasteiger partial charge in [-0.1, -0.05) is 123 Å². The molecule has 3 heterocycles. The Morgan fingerprint density at radius 2 is 1.11 bits per heavy atom. The number of anilines is 3. The third-order valence-electron chi connectivity index (χ3n) is 12.1. The van der Waals surface area contributed by atoms with Gasteiger partial charge >= 0.3 is 0 Å². The largest absolute Gasteiger partial charge is 0.456 e. The predicted octanol–water partition coefficient (Wildman–Crippen LogP) is 14.2. The van der Waals surface area contributed by atoms with E-state index in [9.17, 15) is 0 Å². The molecule has 1 aliphatic carbocycles. The Labute approximate surface area is 312 Å².